The zero-order valence-corrected chi connectivity index (χ0v) is 26.5. The van der Waals surface area contributed by atoms with E-state index in [9.17, 15) is 4.79 Å². The molecule has 2 saturated heterocycles. The van der Waals surface area contributed by atoms with Crippen LogP contribution in [-0.4, -0.2) is 96.5 Å². The number of hydrogen-bond donors (Lipinski definition) is 2. The van der Waals surface area contributed by atoms with E-state index < -0.39 is 5.82 Å². The normalized spacial score (nSPS) is 18.3. The Morgan fingerprint density at radius 3 is 2.45 bits per heavy atom. The molecule has 0 aliphatic carbocycles. The van der Waals surface area contributed by atoms with Crippen molar-refractivity contribution < 1.29 is 28.1 Å². The fraction of sp³-hybridized carbons (Fsp3) is 0.364. The molecule has 2 aliphatic heterocycles. The Hall–Kier alpha value is -5.08. The second kappa shape index (κ2) is 14.1. The van der Waals surface area contributed by atoms with E-state index in [1.165, 1.54) is 18.5 Å². The van der Waals surface area contributed by atoms with Crippen molar-refractivity contribution in [2.45, 2.75) is 31.1 Å². The first kappa shape index (κ1) is 31.9. The maximum atomic E-state index is 15.4. The van der Waals surface area contributed by atoms with Gasteiger partial charge in [0.25, 0.3) is 0 Å². The smallest absolute Gasteiger partial charge is 0.245 e. The zero-order valence-electron chi connectivity index (χ0n) is 26.5. The molecule has 47 heavy (non-hydrogen) atoms. The quantitative estimate of drug-likeness (QED) is 0.222. The minimum atomic E-state index is -0.540. The van der Waals surface area contributed by atoms with Gasteiger partial charge < -0.3 is 39.4 Å². The number of methoxy groups -OCH3 is 3. The van der Waals surface area contributed by atoms with Crippen LogP contribution >= 0.6 is 0 Å². The number of rotatable bonds is 11. The predicted octanol–water partition coefficient (Wildman–Crippen LogP) is 4.54. The third-order valence-electron chi connectivity index (χ3n) is 8.43. The first-order chi connectivity index (χ1) is 22.9. The van der Waals surface area contributed by atoms with E-state index in [0.717, 1.165) is 18.5 Å². The molecule has 14 heteroatoms. The molecule has 13 nitrogen and oxygen atoms in total. The van der Waals surface area contributed by atoms with E-state index in [2.05, 4.69) is 37.1 Å². The molecule has 2 atom stereocenters. The van der Waals surface area contributed by atoms with E-state index in [0.29, 0.717) is 54.6 Å². The molecule has 4 heterocycles. The minimum absolute atomic E-state index is 0.0610. The number of benzene rings is 2. The van der Waals surface area contributed by atoms with Gasteiger partial charge in [0.2, 0.25) is 17.7 Å². The van der Waals surface area contributed by atoms with Crippen LogP contribution in [0.1, 0.15) is 12.8 Å². The average molecular weight is 645 g/mol. The molecule has 0 radical (unpaired) electrons. The Labute approximate surface area is 271 Å². The molecule has 0 bridgehead atoms. The fourth-order valence-electron chi connectivity index (χ4n) is 5.87. The van der Waals surface area contributed by atoms with Crippen LogP contribution in [0.4, 0.5) is 27.5 Å². The Morgan fingerprint density at radius 1 is 1.00 bits per heavy atom. The Balaban J connectivity index is 1.17. The van der Waals surface area contributed by atoms with Gasteiger partial charge in [0.15, 0.2) is 0 Å². The van der Waals surface area contributed by atoms with Gasteiger partial charge in [0.1, 0.15) is 41.7 Å². The summed E-state index contributed by atoms with van der Waals surface area (Å²) in [4.78, 5) is 33.4. The van der Waals surface area contributed by atoms with Crippen LogP contribution in [0.5, 0.6) is 17.4 Å². The summed E-state index contributed by atoms with van der Waals surface area (Å²) in [5.74, 6) is 1.46. The number of carbonyl (C=O) groups is 1. The maximum Gasteiger partial charge on any atom is 0.245 e. The van der Waals surface area contributed by atoms with Gasteiger partial charge in [-0.05, 0) is 37.1 Å². The van der Waals surface area contributed by atoms with E-state index in [1.54, 1.807) is 50.6 Å². The number of halogens is 1. The summed E-state index contributed by atoms with van der Waals surface area (Å²) in [6.07, 6.45) is 5.70. The number of carbonyl (C=O) groups excluding carboxylic acids is 1. The predicted molar refractivity (Wildman–Crippen MR) is 175 cm³/mol. The Morgan fingerprint density at radius 2 is 1.77 bits per heavy atom. The topological polar surface area (TPSA) is 136 Å². The second-order valence-corrected chi connectivity index (χ2v) is 11.3. The van der Waals surface area contributed by atoms with E-state index in [4.69, 9.17) is 18.9 Å². The summed E-state index contributed by atoms with van der Waals surface area (Å²) < 4.78 is 38.0. The third-order valence-corrected chi connectivity index (χ3v) is 8.43. The summed E-state index contributed by atoms with van der Waals surface area (Å²) in [6.45, 7) is 6.00. The van der Waals surface area contributed by atoms with Crippen LogP contribution in [-0.2, 0) is 14.3 Å². The van der Waals surface area contributed by atoms with Gasteiger partial charge in [-0.15, -0.1) is 0 Å². The van der Waals surface area contributed by atoms with Crippen molar-refractivity contribution in [2.24, 2.45) is 0 Å². The molecular formula is C33H37FN8O5. The molecule has 2 N–H and O–H groups in total. The highest BCUT2D eigenvalue weighted by Gasteiger charge is 2.34. The van der Waals surface area contributed by atoms with Crippen molar-refractivity contribution >= 4 is 40.0 Å². The molecule has 2 fully saturated rings. The average Bonchev–Trinajstić information content (AvgIpc) is 3.53. The van der Waals surface area contributed by atoms with Crippen molar-refractivity contribution in [2.75, 3.05) is 63.0 Å². The highest BCUT2D eigenvalue weighted by Crippen LogP contribution is 2.35. The number of amides is 1. The van der Waals surface area contributed by atoms with Crippen molar-refractivity contribution in [3.05, 3.63) is 67.4 Å². The first-order valence-electron chi connectivity index (χ1n) is 15.3. The molecule has 6 rings (SSSR count). The van der Waals surface area contributed by atoms with Crippen LogP contribution in [0.3, 0.4) is 0 Å². The van der Waals surface area contributed by atoms with Gasteiger partial charge in [-0.25, -0.2) is 19.3 Å². The Kier molecular flexibility index (Phi) is 9.59. The van der Waals surface area contributed by atoms with Crippen LogP contribution in [0, 0.1) is 5.82 Å². The van der Waals surface area contributed by atoms with E-state index in [-0.39, 0.29) is 41.5 Å². The molecule has 4 aromatic rings. The van der Waals surface area contributed by atoms with Crippen molar-refractivity contribution in [1.82, 2.24) is 24.8 Å². The number of nitrogens with zero attached hydrogens (tertiary/aromatic N) is 6. The zero-order chi connectivity index (χ0) is 32.9. The number of hydrogen-bond acceptors (Lipinski definition) is 12. The van der Waals surface area contributed by atoms with Crippen molar-refractivity contribution in [1.29, 1.82) is 0 Å². The lowest BCUT2D eigenvalue weighted by Gasteiger charge is -2.32. The third kappa shape index (κ3) is 7.03. The summed E-state index contributed by atoms with van der Waals surface area (Å²) in [6, 6.07) is 9.96. The number of piperidine rings is 1. The molecule has 246 valence electrons. The van der Waals surface area contributed by atoms with E-state index >= 15 is 4.39 Å². The summed E-state index contributed by atoms with van der Waals surface area (Å²) in [7, 11) is 4.89. The van der Waals surface area contributed by atoms with E-state index in [1.807, 2.05) is 17.0 Å². The molecule has 0 saturated carbocycles. The lowest BCUT2D eigenvalue weighted by molar-refractivity contribution is -0.126. The van der Waals surface area contributed by atoms with Crippen molar-refractivity contribution in [3.63, 3.8) is 0 Å². The molecule has 1 amide bonds. The lowest BCUT2D eigenvalue weighted by atomic mass is 10.0. The molecule has 2 aromatic heterocycles. The number of ether oxygens (including phenoxy) is 4. The number of aromatic nitrogens is 4. The molecule has 0 unspecified atom stereocenters. The number of anilines is 4. The first-order valence-corrected chi connectivity index (χ1v) is 15.3. The lowest BCUT2D eigenvalue weighted by Crippen LogP contribution is -2.41. The van der Waals surface area contributed by atoms with Crippen LogP contribution in [0.2, 0.25) is 0 Å². The minimum Gasteiger partial charge on any atom is -0.495 e. The van der Waals surface area contributed by atoms with Gasteiger partial charge in [0.05, 0.1) is 24.0 Å². The molecule has 2 aliphatic rings. The molecule has 0 spiro atoms. The fourth-order valence-corrected chi connectivity index (χ4v) is 5.87. The van der Waals surface area contributed by atoms with Gasteiger partial charge in [0, 0.05) is 76.2 Å². The molecular weight excluding hydrogens is 607 g/mol. The van der Waals surface area contributed by atoms with Crippen LogP contribution < -0.4 is 25.0 Å². The second-order valence-electron chi connectivity index (χ2n) is 11.3. The van der Waals surface area contributed by atoms with Crippen LogP contribution in [0.15, 0.2) is 61.6 Å². The van der Waals surface area contributed by atoms with Gasteiger partial charge in [-0.3, -0.25) is 4.79 Å². The largest absolute Gasteiger partial charge is 0.495 e. The molecule has 2 aromatic carbocycles. The summed E-state index contributed by atoms with van der Waals surface area (Å²) in [5.41, 5.74) is 1.59. The summed E-state index contributed by atoms with van der Waals surface area (Å²) >= 11 is 0. The van der Waals surface area contributed by atoms with Gasteiger partial charge in [-0.1, -0.05) is 6.58 Å². The highest BCUT2D eigenvalue weighted by atomic mass is 19.1. The van der Waals surface area contributed by atoms with Crippen LogP contribution in [0.25, 0.3) is 10.9 Å². The highest BCUT2D eigenvalue weighted by molar-refractivity contribution is 5.95. The number of fused-ring (bicyclic) bond motifs is 1. The summed E-state index contributed by atoms with van der Waals surface area (Å²) in [5, 5.41) is 7.33. The maximum absolute atomic E-state index is 15.4. The van der Waals surface area contributed by atoms with Crippen molar-refractivity contribution in [3.8, 4) is 17.4 Å². The Bertz CT molecular complexity index is 1740. The number of likely N-dealkylation sites (tertiary alicyclic amines) is 1. The number of nitrogens with one attached hydrogen (secondary N) is 2. The SMILES string of the molecule is C=CC(=O)N1CCC(Nc2cc3c(Nc4ccc(Oc5ccnc(N6C[C@H](OC)[C@H](OC)C6)n5)cc4F)ncnc3cc2OC)CC1. The van der Waals surface area contributed by atoms with Gasteiger partial charge in [-0.2, -0.15) is 4.98 Å². The van der Waals surface area contributed by atoms with Gasteiger partial charge >= 0.3 is 0 Å². The standard InChI is InChI=1S/C33H37FN8O5/c1-5-31(43)41-12-9-20(10-13-41)38-26-15-22-25(16-27(26)44-2)36-19-37-32(22)39-24-7-6-21(14-23(24)34)47-30-8-11-35-33(40-30)42-17-28(45-3)29(18-42)46-4/h5-8,11,14-16,19-20,28-29,38H,1,9-10,12-13,17-18H2,2-4H3,(H,36,37,39)/t28-,29+. The monoisotopic (exact) mass is 644 g/mol.